The summed E-state index contributed by atoms with van der Waals surface area (Å²) in [6, 6.07) is 4.34. The first-order valence-electron chi connectivity index (χ1n) is 8.84. The maximum absolute atomic E-state index is 12.7. The van der Waals surface area contributed by atoms with Gasteiger partial charge >= 0.3 is 5.69 Å². The second kappa shape index (κ2) is 8.64. The van der Waals surface area contributed by atoms with Crippen molar-refractivity contribution in [2.75, 3.05) is 19.7 Å². The lowest BCUT2D eigenvalue weighted by Gasteiger charge is -2.31. The third-order valence-electron chi connectivity index (χ3n) is 4.29. The van der Waals surface area contributed by atoms with Crippen molar-refractivity contribution in [3.63, 3.8) is 0 Å². The van der Waals surface area contributed by atoms with E-state index in [0.29, 0.717) is 32.5 Å². The number of nitrogens with zero attached hydrogens (tertiary/aromatic N) is 2. The molecule has 0 aliphatic carbocycles. The highest BCUT2D eigenvalue weighted by Crippen LogP contribution is 2.29. The minimum atomic E-state index is -0.551. The molecule has 26 heavy (non-hydrogen) atoms. The summed E-state index contributed by atoms with van der Waals surface area (Å²) in [6.07, 6.45) is 1.17. The van der Waals surface area contributed by atoms with Gasteiger partial charge in [-0.25, -0.2) is 0 Å². The Morgan fingerprint density at radius 3 is 2.54 bits per heavy atom. The molecule has 0 radical (unpaired) electrons. The lowest BCUT2D eigenvalue weighted by Crippen LogP contribution is -2.44. The first-order chi connectivity index (χ1) is 12.3. The Morgan fingerprint density at radius 1 is 1.35 bits per heavy atom. The maximum atomic E-state index is 12.7. The molecule has 8 nitrogen and oxygen atoms in total. The molecule has 1 saturated heterocycles. The Hall–Kier alpha value is -2.64. The third kappa shape index (κ3) is 4.71. The standard InChI is InChI=1S/C18H25N3O5/c1-4-26-16-6-5-14(11-15(16)21(24)25)18(23)20-9-7-13(8-10-20)17(22)19-12(2)3/h5-6,11-13H,4,7-10H2,1-3H3,(H,19,22). The largest absolute Gasteiger partial charge is 0.487 e. The number of nitrogens with one attached hydrogen (secondary N) is 1. The van der Waals surface area contributed by atoms with Gasteiger partial charge in [-0.05, 0) is 45.7 Å². The summed E-state index contributed by atoms with van der Waals surface area (Å²) in [4.78, 5) is 37.0. The van der Waals surface area contributed by atoms with Gasteiger partial charge in [0.25, 0.3) is 5.91 Å². The predicted molar refractivity (Wildman–Crippen MR) is 96.2 cm³/mol. The second-order valence-electron chi connectivity index (χ2n) is 6.60. The van der Waals surface area contributed by atoms with E-state index < -0.39 is 4.92 Å². The highest BCUT2D eigenvalue weighted by atomic mass is 16.6. The molecule has 1 N–H and O–H groups in total. The van der Waals surface area contributed by atoms with Gasteiger partial charge in [-0.2, -0.15) is 0 Å². The molecule has 0 spiro atoms. The molecular formula is C18H25N3O5. The predicted octanol–water partition coefficient (Wildman–Crippen LogP) is 2.37. The summed E-state index contributed by atoms with van der Waals surface area (Å²) in [5, 5.41) is 14.1. The first kappa shape index (κ1) is 19.7. The lowest BCUT2D eigenvalue weighted by molar-refractivity contribution is -0.385. The second-order valence-corrected chi connectivity index (χ2v) is 6.60. The molecule has 1 aromatic carbocycles. The van der Waals surface area contributed by atoms with Crippen molar-refractivity contribution in [2.24, 2.45) is 5.92 Å². The van der Waals surface area contributed by atoms with Crippen LogP contribution in [-0.2, 0) is 4.79 Å². The zero-order chi connectivity index (χ0) is 19.3. The van der Waals surface area contributed by atoms with E-state index in [1.807, 2.05) is 13.8 Å². The SMILES string of the molecule is CCOc1ccc(C(=O)N2CCC(C(=O)NC(C)C)CC2)cc1[N+](=O)[O-]. The molecule has 0 atom stereocenters. The summed E-state index contributed by atoms with van der Waals surface area (Å²) >= 11 is 0. The smallest absolute Gasteiger partial charge is 0.311 e. The Bertz CT molecular complexity index is 681. The average molecular weight is 363 g/mol. The van der Waals surface area contributed by atoms with Crippen LogP contribution in [0.15, 0.2) is 18.2 Å². The molecule has 0 bridgehead atoms. The van der Waals surface area contributed by atoms with Gasteiger partial charge in [0, 0.05) is 36.7 Å². The van der Waals surface area contributed by atoms with Crippen molar-refractivity contribution in [3.05, 3.63) is 33.9 Å². The number of carbonyl (C=O) groups excluding carboxylic acids is 2. The molecule has 8 heteroatoms. The normalized spacial score (nSPS) is 15.0. The molecule has 1 fully saturated rings. The fraction of sp³-hybridized carbons (Fsp3) is 0.556. The number of hydrogen-bond acceptors (Lipinski definition) is 5. The minimum Gasteiger partial charge on any atom is -0.487 e. The minimum absolute atomic E-state index is 0.0174. The fourth-order valence-corrected chi connectivity index (χ4v) is 3.00. The summed E-state index contributed by atoms with van der Waals surface area (Å²) in [7, 11) is 0. The molecule has 2 rings (SSSR count). The monoisotopic (exact) mass is 363 g/mol. The van der Waals surface area contributed by atoms with E-state index >= 15 is 0 Å². The highest BCUT2D eigenvalue weighted by Gasteiger charge is 2.29. The van der Waals surface area contributed by atoms with Gasteiger partial charge in [-0.15, -0.1) is 0 Å². The summed E-state index contributed by atoms with van der Waals surface area (Å²) < 4.78 is 5.24. The van der Waals surface area contributed by atoms with Crippen molar-refractivity contribution >= 4 is 17.5 Å². The van der Waals surface area contributed by atoms with Crippen LogP contribution in [0.25, 0.3) is 0 Å². The summed E-state index contributed by atoms with van der Waals surface area (Å²) in [6.45, 7) is 6.78. The van der Waals surface area contributed by atoms with Crippen LogP contribution in [0.4, 0.5) is 5.69 Å². The first-order valence-corrected chi connectivity index (χ1v) is 8.84. The Kier molecular flexibility index (Phi) is 6.54. The number of carbonyl (C=O) groups is 2. The third-order valence-corrected chi connectivity index (χ3v) is 4.29. The number of hydrogen-bond donors (Lipinski definition) is 1. The molecule has 1 aromatic rings. The molecule has 0 aromatic heterocycles. The van der Waals surface area contributed by atoms with E-state index in [1.165, 1.54) is 18.2 Å². The van der Waals surface area contributed by atoms with Crippen LogP contribution in [0.2, 0.25) is 0 Å². The number of amides is 2. The Morgan fingerprint density at radius 2 is 2.00 bits per heavy atom. The van der Waals surface area contributed by atoms with Crippen molar-refractivity contribution in [2.45, 2.75) is 39.7 Å². The molecule has 2 amide bonds. The van der Waals surface area contributed by atoms with Crippen LogP contribution in [0, 0.1) is 16.0 Å². The number of nitro benzene ring substituents is 1. The molecule has 0 saturated carbocycles. The van der Waals surface area contributed by atoms with Crippen LogP contribution in [0.3, 0.4) is 0 Å². The van der Waals surface area contributed by atoms with Crippen molar-refractivity contribution in [1.29, 1.82) is 0 Å². The Balaban J connectivity index is 2.05. The molecule has 1 heterocycles. The van der Waals surface area contributed by atoms with E-state index in [2.05, 4.69) is 5.32 Å². The maximum Gasteiger partial charge on any atom is 0.311 e. The van der Waals surface area contributed by atoms with E-state index in [-0.39, 0.29) is 40.8 Å². The van der Waals surface area contributed by atoms with Gasteiger partial charge < -0.3 is 15.0 Å². The van der Waals surface area contributed by atoms with Crippen LogP contribution in [-0.4, -0.2) is 47.4 Å². The average Bonchev–Trinajstić information content (AvgIpc) is 2.61. The number of benzene rings is 1. The molecule has 1 aliphatic rings. The Labute approximate surface area is 152 Å². The number of piperidine rings is 1. The van der Waals surface area contributed by atoms with E-state index in [4.69, 9.17) is 4.74 Å². The van der Waals surface area contributed by atoms with E-state index in [0.717, 1.165) is 0 Å². The van der Waals surface area contributed by atoms with Gasteiger partial charge in [0.2, 0.25) is 5.91 Å². The van der Waals surface area contributed by atoms with Crippen LogP contribution >= 0.6 is 0 Å². The number of rotatable bonds is 6. The summed E-state index contributed by atoms with van der Waals surface area (Å²) in [5.41, 5.74) is 0.0362. The van der Waals surface area contributed by atoms with Crippen molar-refractivity contribution < 1.29 is 19.2 Å². The number of nitro groups is 1. The van der Waals surface area contributed by atoms with E-state index in [9.17, 15) is 19.7 Å². The number of ether oxygens (including phenoxy) is 1. The summed E-state index contributed by atoms with van der Waals surface area (Å²) in [5.74, 6) is -0.197. The van der Waals surface area contributed by atoms with Gasteiger partial charge in [0.15, 0.2) is 5.75 Å². The molecular weight excluding hydrogens is 338 g/mol. The van der Waals surface area contributed by atoms with Crippen molar-refractivity contribution in [3.8, 4) is 5.75 Å². The van der Waals surface area contributed by atoms with Crippen LogP contribution in [0.5, 0.6) is 5.75 Å². The molecule has 142 valence electrons. The van der Waals surface area contributed by atoms with Gasteiger partial charge in [0.1, 0.15) is 0 Å². The lowest BCUT2D eigenvalue weighted by atomic mass is 9.95. The zero-order valence-electron chi connectivity index (χ0n) is 15.4. The van der Waals surface area contributed by atoms with E-state index in [1.54, 1.807) is 11.8 Å². The van der Waals surface area contributed by atoms with Gasteiger partial charge in [0.05, 0.1) is 11.5 Å². The zero-order valence-corrected chi connectivity index (χ0v) is 15.4. The highest BCUT2D eigenvalue weighted by molar-refractivity contribution is 5.95. The molecule has 1 aliphatic heterocycles. The quantitative estimate of drug-likeness (QED) is 0.617. The van der Waals surface area contributed by atoms with Crippen LogP contribution < -0.4 is 10.1 Å². The van der Waals surface area contributed by atoms with Gasteiger partial charge in [-0.1, -0.05) is 0 Å². The van der Waals surface area contributed by atoms with Gasteiger partial charge in [-0.3, -0.25) is 19.7 Å². The van der Waals surface area contributed by atoms with Crippen molar-refractivity contribution in [1.82, 2.24) is 10.2 Å². The fourth-order valence-electron chi connectivity index (χ4n) is 3.00. The topological polar surface area (TPSA) is 102 Å². The number of likely N-dealkylation sites (tertiary alicyclic amines) is 1. The molecule has 0 unspecified atom stereocenters. The van der Waals surface area contributed by atoms with Crippen LogP contribution in [0.1, 0.15) is 44.0 Å².